The molecule has 1 atom stereocenters. The highest BCUT2D eigenvalue weighted by Crippen LogP contribution is 2.30. The van der Waals surface area contributed by atoms with Crippen molar-refractivity contribution in [1.29, 1.82) is 0 Å². The van der Waals surface area contributed by atoms with Crippen LogP contribution in [0.1, 0.15) is 24.1 Å². The molecule has 21 heavy (non-hydrogen) atoms. The highest BCUT2D eigenvalue weighted by molar-refractivity contribution is 9.10. The molecule has 1 nitrogen and oxygen atoms in total. The van der Waals surface area contributed by atoms with Crippen molar-refractivity contribution < 1.29 is 8.78 Å². The Balaban J connectivity index is 2.38. The Kier molecular flexibility index (Phi) is 5.73. The van der Waals surface area contributed by atoms with Gasteiger partial charge in [-0.15, -0.1) is 0 Å². The average molecular weight is 375 g/mol. The molecule has 1 unspecified atom stereocenters. The number of likely N-dealkylation sites (N-methyl/N-ethyl adjacent to an activating group) is 1. The molecule has 0 heterocycles. The predicted molar refractivity (Wildman–Crippen MR) is 85.6 cm³/mol. The van der Waals surface area contributed by atoms with E-state index in [1.807, 2.05) is 6.92 Å². The van der Waals surface area contributed by atoms with Gasteiger partial charge in [-0.05, 0) is 48.9 Å². The quantitative estimate of drug-likeness (QED) is 0.751. The summed E-state index contributed by atoms with van der Waals surface area (Å²) in [4.78, 5) is 0. The van der Waals surface area contributed by atoms with E-state index in [-0.39, 0.29) is 17.7 Å². The largest absolute Gasteiger partial charge is 0.310 e. The van der Waals surface area contributed by atoms with E-state index in [2.05, 4.69) is 21.2 Å². The minimum atomic E-state index is -0.350. The summed E-state index contributed by atoms with van der Waals surface area (Å²) in [5.41, 5.74) is 1.18. The minimum Gasteiger partial charge on any atom is -0.310 e. The van der Waals surface area contributed by atoms with E-state index in [4.69, 9.17) is 11.6 Å². The Morgan fingerprint density at radius 1 is 1.24 bits per heavy atom. The maximum absolute atomic E-state index is 14.1. The Bertz CT molecular complexity index is 613. The van der Waals surface area contributed by atoms with Gasteiger partial charge in [-0.25, -0.2) is 8.78 Å². The Morgan fingerprint density at radius 3 is 2.67 bits per heavy atom. The number of hydrogen-bond acceptors (Lipinski definition) is 1. The van der Waals surface area contributed by atoms with E-state index in [9.17, 15) is 8.78 Å². The summed E-state index contributed by atoms with van der Waals surface area (Å²) in [5, 5.41) is 3.70. The molecule has 112 valence electrons. The van der Waals surface area contributed by atoms with E-state index in [0.717, 1.165) is 0 Å². The fourth-order valence-electron chi connectivity index (χ4n) is 2.29. The van der Waals surface area contributed by atoms with Gasteiger partial charge in [-0.3, -0.25) is 0 Å². The smallest absolute Gasteiger partial charge is 0.129 e. The summed E-state index contributed by atoms with van der Waals surface area (Å²) in [6.07, 6.45) is 0.407. The molecule has 2 aromatic carbocycles. The zero-order valence-electron chi connectivity index (χ0n) is 11.5. The van der Waals surface area contributed by atoms with Crippen molar-refractivity contribution in [2.24, 2.45) is 0 Å². The van der Waals surface area contributed by atoms with Gasteiger partial charge in [0.05, 0.1) is 0 Å². The number of halogens is 4. The summed E-state index contributed by atoms with van der Waals surface area (Å²) in [6, 6.07) is 8.78. The Morgan fingerprint density at radius 2 is 2.00 bits per heavy atom. The number of nitrogens with one attached hydrogen (secondary N) is 1. The molecular formula is C16H15BrClF2N. The minimum absolute atomic E-state index is 0.287. The first-order chi connectivity index (χ1) is 10.0. The first-order valence-corrected chi connectivity index (χ1v) is 7.81. The highest BCUT2D eigenvalue weighted by atomic mass is 79.9. The highest BCUT2D eigenvalue weighted by Gasteiger charge is 2.19. The molecule has 1 N–H and O–H groups in total. The van der Waals surface area contributed by atoms with E-state index in [1.54, 1.807) is 12.1 Å². The summed E-state index contributed by atoms with van der Waals surface area (Å²) in [6.45, 7) is 2.60. The lowest BCUT2D eigenvalue weighted by molar-refractivity contribution is 0.506. The van der Waals surface area contributed by atoms with Crippen LogP contribution in [0, 0.1) is 11.6 Å². The SMILES string of the molecule is CCNC(Cc1cc(F)ccc1Cl)c1c(F)cccc1Br. The Hall–Kier alpha value is -0.970. The first-order valence-electron chi connectivity index (χ1n) is 6.64. The topological polar surface area (TPSA) is 12.0 Å². The fraction of sp³-hybridized carbons (Fsp3) is 0.250. The standard InChI is InChI=1S/C16H15BrClF2N/c1-2-21-15(16-12(17)4-3-5-14(16)20)9-10-8-11(19)6-7-13(10)18/h3-8,15,21H,2,9H2,1H3. The lowest BCUT2D eigenvalue weighted by Crippen LogP contribution is -2.24. The molecule has 0 radical (unpaired) electrons. The third kappa shape index (κ3) is 4.02. The third-order valence-electron chi connectivity index (χ3n) is 3.23. The molecule has 0 aromatic heterocycles. The van der Waals surface area contributed by atoms with Gasteiger partial charge in [0.1, 0.15) is 11.6 Å². The van der Waals surface area contributed by atoms with Gasteiger partial charge >= 0.3 is 0 Å². The van der Waals surface area contributed by atoms with Crippen molar-refractivity contribution in [3.05, 3.63) is 68.7 Å². The second-order valence-corrected chi connectivity index (χ2v) is 5.95. The maximum Gasteiger partial charge on any atom is 0.129 e. The van der Waals surface area contributed by atoms with Crippen LogP contribution in [-0.2, 0) is 6.42 Å². The normalized spacial score (nSPS) is 12.4. The van der Waals surface area contributed by atoms with Crippen LogP contribution in [0.25, 0.3) is 0 Å². The molecule has 5 heteroatoms. The van der Waals surface area contributed by atoms with Crippen molar-refractivity contribution in [1.82, 2.24) is 5.32 Å². The molecule has 0 amide bonds. The van der Waals surface area contributed by atoms with Gasteiger partial charge in [0.25, 0.3) is 0 Å². The molecule has 0 saturated heterocycles. The number of benzene rings is 2. The Labute approximate surface area is 136 Å². The average Bonchev–Trinajstić information content (AvgIpc) is 2.43. The second kappa shape index (κ2) is 7.34. The maximum atomic E-state index is 14.1. The van der Waals surface area contributed by atoms with Gasteiger partial charge in [0.2, 0.25) is 0 Å². The zero-order valence-corrected chi connectivity index (χ0v) is 13.8. The van der Waals surface area contributed by atoms with Crippen LogP contribution in [0.15, 0.2) is 40.9 Å². The van der Waals surface area contributed by atoms with Crippen molar-refractivity contribution in [2.45, 2.75) is 19.4 Å². The lowest BCUT2D eigenvalue weighted by atomic mass is 9.98. The van der Waals surface area contributed by atoms with Crippen molar-refractivity contribution in [3.63, 3.8) is 0 Å². The van der Waals surface area contributed by atoms with Gasteiger partial charge < -0.3 is 5.32 Å². The summed E-state index contributed by atoms with van der Waals surface area (Å²) >= 11 is 9.48. The molecule has 0 aliphatic rings. The number of rotatable bonds is 5. The monoisotopic (exact) mass is 373 g/mol. The second-order valence-electron chi connectivity index (χ2n) is 4.69. The summed E-state index contributed by atoms with van der Waals surface area (Å²) in [5.74, 6) is -0.653. The summed E-state index contributed by atoms with van der Waals surface area (Å²) < 4.78 is 28.2. The lowest BCUT2D eigenvalue weighted by Gasteiger charge is -2.21. The van der Waals surface area contributed by atoms with Crippen molar-refractivity contribution in [3.8, 4) is 0 Å². The molecular weight excluding hydrogens is 360 g/mol. The van der Waals surface area contributed by atoms with Gasteiger partial charge in [-0.2, -0.15) is 0 Å². The van der Waals surface area contributed by atoms with Gasteiger partial charge in [0, 0.05) is 21.1 Å². The summed E-state index contributed by atoms with van der Waals surface area (Å²) in [7, 11) is 0. The molecule has 0 bridgehead atoms. The molecule has 0 aliphatic carbocycles. The molecule has 0 spiro atoms. The van der Waals surface area contributed by atoms with Crippen LogP contribution in [-0.4, -0.2) is 6.54 Å². The van der Waals surface area contributed by atoms with Crippen LogP contribution in [0.3, 0.4) is 0 Å². The van der Waals surface area contributed by atoms with Gasteiger partial charge in [-0.1, -0.05) is 40.5 Å². The molecule has 0 fully saturated rings. The zero-order chi connectivity index (χ0) is 15.4. The van der Waals surface area contributed by atoms with Crippen LogP contribution in [0.5, 0.6) is 0 Å². The van der Waals surface area contributed by atoms with Crippen molar-refractivity contribution >= 4 is 27.5 Å². The van der Waals surface area contributed by atoms with Crippen LogP contribution in [0.2, 0.25) is 5.02 Å². The van der Waals surface area contributed by atoms with Crippen LogP contribution < -0.4 is 5.32 Å². The molecule has 2 rings (SSSR count). The molecule has 0 saturated carbocycles. The van der Waals surface area contributed by atoms with Crippen molar-refractivity contribution in [2.75, 3.05) is 6.54 Å². The molecule has 2 aromatic rings. The van der Waals surface area contributed by atoms with Gasteiger partial charge in [0.15, 0.2) is 0 Å². The third-order valence-corrected chi connectivity index (χ3v) is 4.29. The van der Waals surface area contributed by atoms with Crippen LogP contribution in [0.4, 0.5) is 8.78 Å². The van der Waals surface area contributed by atoms with Crippen LogP contribution >= 0.6 is 27.5 Å². The van der Waals surface area contributed by atoms with E-state index < -0.39 is 0 Å². The fourth-order valence-corrected chi connectivity index (χ4v) is 3.10. The predicted octanol–water partition coefficient (Wildman–Crippen LogP) is 5.27. The molecule has 0 aliphatic heterocycles. The first kappa shape index (κ1) is 16.4. The van der Waals surface area contributed by atoms with E-state index in [1.165, 1.54) is 24.3 Å². The van der Waals surface area contributed by atoms with E-state index >= 15 is 0 Å². The van der Waals surface area contributed by atoms with E-state index in [0.29, 0.717) is 33.6 Å². The number of hydrogen-bond donors (Lipinski definition) is 1.